The number of thiophene rings is 1. The first kappa shape index (κ1) is 13.3. The number of carboxylic acids is 1. The second-order valence-corrected chi connectivity index (χ2v) is 5.35. The standard InChI is InChI=1S/C14H13NO3S/c1-8-3-4-10(14(17)18)6-12(8)15-13(16)11-5-9(2)19-7-11/h3-7H,1-2H3,(H,15,16)(H,17,18). The molecule has 2 rings (SSSR count). The quantitative estimate of drug-likeness (QED) is 0.903. The van der Waals surface area contributed by atoms with Crippen molar-refractivity contribution in [2.24, 2.45) is 0 Å². The van der Waals surface area contributed by atoms with Crippen LogP contribution >= 0.6 is 11.3 Å². The van der Waals surface area contributed by atoms with E-state index in [1.54, 1.807) is 17.5 Å². The van der Waals surface area contributed by atoms with Crippen molar-refractivity contribution in [2.75, 3.05) is 5.32 Å². The first-order valence-electron chi connectivity index (χ1n) is 5.68. The number of benzene rings is 1. The molecule has 0 aliphatic heterocycles. The Labute approximate surface area is 114 Å². The Balaban J connectivity index is 2.25. The molecule has 98 valence electrons. The number of amides is 1. The van der Waals surface area contributed by atoms with Crippen molar-refractivity contribution < 1.29 is 14.7 Å². The molecule has 0 atom stereocenters. The van der Waals surface area contributed by atoms with Crippen LogP contribution in [0.4, 0.5) is 5.69 Å². The molecule has 5 heteroatoms. The summed E-state index contributed by atoms with van der Waals surface area (Å²) >= 11 is 1.50. The van der Waals surface area contributed by atoms with Gasteiger partial charge >= 0.3 is 5.97 Å². The highest BCUT2D eigenvalue weighted by molar-refractivity contribution is 7.10. The Morgan fingerprint density at radius 3 is 2.47 bits per heavy atom. The minimum atomic E-state index is -1.01. The molecule has 0 fully saturated rings. The van der Waals surface area contributed by atoms with Crippen molar-refractivity contribution in [3.8, 4) is 0 Å². The number of rotatable bonds is 3. The molecule has 2 N–H and O–H groups in total. The van der Waals surface area contributed by atoms with Crippen LogP contribution in [0.15, 0.2) is 29.6 Å². The summed E-state index contributed by atoms with van der Waals surface area (Å²) in [6.07, 6.45) is 0. The fourth-order valence-electron chi connectivity index (χ4n) is 1.65. The average Bonchev–Trinajstić information content (AvgIpc) is 2.78. The van der Waals surface area contributed by atoms with Crippen molar-refractivity contribution >= 4 is 28.9 Å². The largest absolute Gasteiger partial charge is 0.478 e. The number of hydrogen-bond donors (Lipinski definition) is 2. The van der Waals surface area contributed by atoms with Crippen LogP contribution in [-0.4, -0.2) is 17.0 Å². The number of anilines is 1. The lowest BCUT2D eigenvalue weighted by molar-refractivity contribution is 0.0696. The van der Waals surface area contributed by atoms with Crippen molar-refractivity contribution in [2.45, 2.75) is 13.8 Å². The average molecular weight is 275 g/mol. The maximum absolute atomic E-state index is 12.0. The van der Waals surface area contributed by atoms with Crippen LogP contribution in [0.25, 0.3) is 0 Å². The first-order valence-corrected chi connectivity index (χ1v) is 6.56. The van der Waals surface area contributed by atoms with Crippen LogP contribution in [0.5, 0.6) is 0 Å². The Hall–Kier alpha value is -2.14. The summed E-state index contributed by atoms with van der Waals surface area (Å²) < 4.78 is 0. The van der Waals surface area contributed by atoms with Crippen molar-refractivity contribution in [1.29, 1.82) is 0 Å². The summed E-state index contributed by atoms with van der Waals surface area (Å²) in [5.74, 6) is -1.24. The van der Waals surface area contributed by atoms with E-state index in [4.69, 9.17) is 5.11 Å². The lowest BCUT2D eigenvalue weighted by Gasteiger charge is -2.08. The molecule has 0 saturated heterocycles. The molecule has 0 bridgehead atoms. The van der Waals surface area contributed by atoms with E-state index in [0.29, 0.717) is 11.3 Å². The Kier molecular flexibility index (Phi) is 3.66. The maximum Gasteiger partial charge on any atom is 0.335 e. The number of nitrogens with one attached hydrogen (secondary N) is 1. The maximum atomic E-state index is 12.0. The normalized spacial score (nSPS) is 10.2. The van der Waals surface area contributed by atoms with Crippen LogP contribution in [-0.2, 0) is 0 Å². The number of hydrogen-bond acceptors (Lipinski definition) is 3. The van der Waals surface area contributed by atoms with E-state index < -0.39 is 5.97 Å². The molecule has 0 unspecified atom stereocenters. The van der Waals surface area contributed by atoms with Gasteiger partial charge in [0.1, 0.15) is 0 Å². The van der Waals surface area contributed by atoms with Crippen LogP contribution < -0.4 is 5.32 Å². The topological polar surface area (TPSA) is 66.4 Å². The minimum absolute atomic E-state index is 0.155. The molecule has 1 aromatic heterocycles. The van der Waals surface area contributed by atoms with Crippen molar-refractivity contribution in [1.82, 2.24) is 0 Å². The van der Waals surface area contributed by atoms with Gasteiger partial charge in [-0.25, -0.2) is 4.79 Å². The summed E-state index contributed by atoms with van der Waals surface area (Å²) in [6.45, 7) is 3.75. The van der Waals surface area contributed by atoms with Gasteiger partial charge in [0.05, 0.1) is 11.1 Å². The van der Waals surface area contributed by atoms with Gasteiger partial charge in [-0.05, 0) is 37.6 Å². The molecule has 0 saturated carbocycles. The van der Waals surface area contributed by atoms with Crippen LogP contribution in [0.3, 0.4) is 0 Å². The van der Waals surface area contributed by atoms with E-state index in [-0.39, 0.29) is 11.5 Å². The number of aromatic carboxylic acids is 1. The van der Waals surface area contributed by atoms with Crippen LogP contribution in [0.2, 0.25) is 0 Å². The van der Waals surface area contributed by atoms with Gasteiger partial charge in [0, 0.05) is 15.9 Å². The fraction of sp³-hybridized carbons (Fsp3) is 0.143. The molecule has 0 aliphatic rings. The summed E-state index contributed by atoms with van der Waals surface area (Å²) in [6, 6.07) is 6.46. The first-order chi connectivity index (χ1) is 8.97. The van der Waals surface area contributed by atoms with Gasteiger partial charge in [-0.15, -0.1) is 11.3 Å². The van der Waals surface area contributed by atoms with E-state index in [9.17, 15) is 9.59 Å². The highest BCUT2D eigenvalue weighted by Gasteiger charge is 2.11. The molecule has 0 aliphatic carbocycles. The summed E-state index contributed by atoms with van der Waals surface area (Å²) in [4.78, 5) is 24.0. The van der Waals surface area contributed by atoms with Gasteiger partial charge in [-0.1, -0.05) is 6.07 Å². The zero-order chi connectivity index (χ0) is 14.0. The van der Waals surface area contributed by atoms with E-state index in [1.807, 2.05) is 13.8 Å². The van der Waals surface area contributed by atoms with Gasteiger partial charge in [0.2, 0.25) is 0 Å². The lowest BCUT2D eigenvalue weighted by atomic mass is 10.1. The van der Waals surface area contributed by atoms with Crippen molar-refractivity contribution in [3.05, 3.63) is 51.2 Å². The summed E-state index contributed by atoms with van der Waals surface area (Å²) in [5, 5.41) is 13.5. The third kappa shape index (κ3) is 3.00. The van der Waals surface area contributed by atoms with Crippen molar-refractivity contribution in [3.63, 3.8) is 0 Å². The molecule has 1 aromatic carbocycles. The van der Waals surface area contributed by atoms with Gasteiger partial charge < -0.3 is 10.4 Å². The second kappa shape index (κ2) is 5.24. The Morgan fingerprint density at radius 2 is 1.89 bits per heavy atom. The predicted molar refractivity (Wildman–Crippen MR) is 75.1 cm³/mol. The minimum Gasteiger partial charge on any atom is -0.478 e. The smallest absolute Gasteiger partial charge is 0.335 e. The Bertz CT molecular complexity index is 646. The number of carbonyl (C=O) groups is 2. The molecule has 19 heavy (non-hydrogen) atoms. The highest BCUT2D eigenvalue weighted by Crippen LogP contribution is 2.19. The third-order valence-corrected chi connectivity index (χ3v) is 3.59. The SMILES string of the molecule is Cc1cc(C(=O)Nc2cc(C(=O)O)ccc2C)cs1. The number of carboxylic acid groups (broad SMARTS) is 1. The third-order valence-electron chi connectivity index (χ3n) is 2.73. The summed E-state index contributed by atoms with van der Waals surface area (Å²) in [5.41, 5.74) is 2.09. The molecular weight excluding hydrogens is 262 g/mol. The van der Waals surface area contributed by atoms with Crippen LogP contribution in [0.1, 0.15) is 31.2 Å². The molecule has 1 amide bonds. The molecular formula is C14H13NO3S. The monoisotopic (exact) mass is 275 g/mol. The molecule has 1 heterocycles. The zero-order valence-electron chi connectivity index (χ0n) is 10.6. The second-order valence-electron chi connectivity index (χ2n) is 4.24. The lowest BCUT2D eigenvalue weighted by Crippen LogP contribution is -2.12. The van der Waals surface area contributed by atoms with Gasteiger partial charge in [0.25, 0.3) is 5.91 Å². The Morgan fingerprint density at radius 1 is 1.16 bits per heavy atom. The molecule has 0 radical (unpaired) electrons. The van der Waals surface area contributed by atoms with Gasteiger partial charge in [-0.2, -0.15) is 0 Å². The van der Waals surface area contributed by atoms with Gasteiger partial charge in [0.15, 0.2) is 0 Å². The predicted octanol–water partition coefficient (Wildman–Crippen LogP) is 3.32. The van der Waals surface area contributed by atoms with Gasteiger partial charge in [-0.3, -0.25) is 4.79 Å². The van der Waals surface area contributed by atoms with Crippen LogP contribution in [0, 0.1) is 13.8 Å². The van der Waals surface area contributed by atoms with E-state index in [0.717, 1.165) is 10.4 Å². The van der Waals surface area contributed by atoms with E-state index in [1.165, 1.54) is 23.5 Å². The molecule has 2 aromatic rings. The molecule has 4 nitrogen and oxygen atoms in total. The zero-order valence-corrected chi connectivity index (χ0v) is 11.4. The van der Waals surface area contributed by atoms with E-state index >= 15 is 0 Å². The van der Waals surface area contributed by atoms with E-state index in [2.05, 4.69) is 5.32 Å². The highest BCUT2D eigenvalue weighted by atomic mass is 32.1. The number of carbonyl (C=O) groups excluding carboxylic acids is 1. The molecule has 0 spiro atoms. The summed E-state index contributed by atoms with van der Waals surface area (Å²) in [7, 11) is 0. The number of aryl methyl sites for hydroxylation is 2. The fourth-order valence-corrected chi connectivity index (χ4v) is 2.33.